The van der Waals surface area contributed by atoms with Gasteiger partial charge < -0.3 is 33.6 Å². The number of nitrogens with zero attached hydrogens (tertiary/aromatic N) is 1. The third kappa shape index (κ3) is 5.35. The third-order valence-corrected chi connectivity index (χ3v) is 6.55. The van der Waals surface area contributed by atoms with Gasteiger partial charge in [-0.2, -0.15) is 0 Å². The summed E-state index contributed by atoms with van der Waals surface area (Å²) in [7, 11) is 6.15. The van der Waals surface area contributed by atoms with Gasteiger partial charge in [0.2, 0.25) is 17.6 Å². The minimum absolute atomic E-state index is 0.110. The number of hydrogen-bond acceptors (Lipinski definition) is 7. The lowest BCUT2D eigenvalue weighted by molar-refractivity contribution is -0.129. The highest BCUT2D eigenvalue weighted by molar-refractivity contribution is 5.98. The van der Waals surface area contributed by atoms with Crippen LogP contribution < -0.4 is 29.2 Å². The number of methoxy groups -OCH3 is 4. The van der Waals surface area contributed by atoms with Gasteiger partial charge in [0.15, 0.2) is 11.5 Å². The normalized spacial score (nSPS) is 17.3. The van der Waals surface area contributed by atoms with Gasteiger partial charge in [0, 0.05) is 18.6 Å². The van der Waals surface area contributed by atoms with E-state index in [1.165, 1.54) is 21.3 Å². The van der Waals surface area contributed by atoms with Crippen LogP contribution in [-0.2, 0) is 16.1 Å². The van der Waals surface area contributed by atoms with E-state index < -0.39 is 12.0 Å². The van der Waals surface area contributed by atoms with Gasteiger partial charge in [0.25, 0.3) is 0 Å². The zero-order valence-corrected chi connectivity index (χ0v) is 21.7. The first kappa shape index (κ1) is 25.9. The van der Waals surface area contributed by atoms with Gasteiger partial charge in [-0.15, -0.1) is 0 Å². The minimum atomic E-state index is -0.576. The molecule has 4 rings (SSSR count). The Labute approximate surface area is 216 Å². The molecule has 2 unspecified atom stereocenters. The molecule has 196 valence electrons. The Balaban J connectivity index is 1.76. The molecule has 0 aliphatic carbocycles. The zero-order chi connectivity index (χ0) is 26.5. The highest BCUT2D eigenvalue weighted by atomic mass is 16.5. The predicted octanol–water partition coefficient (Wildman–Crippen LogP) is 4.42. The third-order valence-electron chi connectivity index (χ3n) is 6.55. The van der Waals surface area contributed by atoms with Crippen LogP contribution in [0.25, 0.3) is 0 Å². The summed E-state index contributed by atoms with van der Waals surface area (Å²) < 4.78 is 27.4. The number of hydrogen-bond donors (Lipinski definition) is 1. The van der Waals surface area contributed by atoms with Gasteiger partial charge in [-0.3, -0.25) is 9.59 Å². The number of furan rings is 1. The van der Waals surface area contributed by atoms with Crippen molar-refractivity contribution in [1.29, 1.82) is 0 Å². The van der Waals surface area contributed by atoms with Crippen LogP contribution in [0.4, 0.5) is 5.69 Å². The fourth-order valence-corrected chi connectivity index (χ4v) is 4.75. The number of ether oxygens (including phenoxy) is 4. The van der Waals surface area contributed by atoms with Crippen LogP contribution in [0.5, 0.6) is 23.0 Å². The van der Waals surface area contributed by atoms with Crippen LogP contribution >= 0.6 is 0 Å². The molecule has 3 aromatic rings. The molecular weight excluding hydrogens is 476 g/mol. The van der Waals surface area contributed by atoms with E-state index in [-0.39, 0.29) is 24.8 Å². The first-order valence-corrected chi connectivity index (χ1v) is 12.0. The Bertz CT molecular complexity index is 1230. The Morgan fingerprint density at radius 2 is 1.65 bits per heavy atom. The molecule has 2 aromatic carbocycles. The number of amides is 2. The molecule has 1 aliphatic rings. The number of anilines is 1. The Morgan fingerprint density at radius 3 is 2.19 bits per heavy atom. The molecule has 9 nitrogen and oxygen atoms in total. The van der Waals surface area contributed by atoms with Crippen molar-refractivity contribution in [2.24, 2.45) is 5.92 Å². The van der Waals surface area contributed by atoms with E-state index in [1.54, 1.807) is 24.1 Å². The van der Waals surface area contributed by atoms with Crippen molar-refractivity contribution >= 4 is 17.5 Å². The standard InChI is InChI=1S/C28H32N2O7/c1-17-6-9-21(37-17)16-29-28(32)22-12-13-25(31)30(26(22)18-7-10-20(33-2)11-8-18)19-14-23(34-3)27(36-5)24(15-19)35-4/h6-11,14-15,22,26H,12-13,16H2,1-5H3,(H,29,32). The van der Waals surface area contributed by atoms with Gasteiger partial charge in [0.05, 0.1) is 52.6 Å². The summed E-state index contributed by atoms with van der Waals surface area (Å²) in [6.45, 7) is 2.11. The first-order valence-electron chi connectivity index (χ1n) is 12.0. The molecule has 9 heteroatoms. The number of carbonyl (C=O) groups excluding carboxylic acids is 2. The number of aryl methyl sites for hydroxylation is 1. The number of carbonyl (C=O) groups is 2. The molecule has 2 heterocycles. The van der Waals surface area contributed by atoms with Gasteiger partial charge in [-0.05, 0) is 43.2 Å². The molecule has 0 bridgehead atoms. The second-order valence-corrected chi connectivity index (χ2v) is 8.74. The van der Waals surface area contributed by atoms with Crippen LogP contribution in [0.15, 0.2) is 52.9 Å². The van der Waals surface area contributed by atoms with Crippen LogP contribution in [0.1, 0.15) is 36.0 Å². The SMILES string of the molecule is COc1ccc(C2C(C(=O)NCc3ccc(C)o3)CCC(=O)N2c2cc(OC)c(OC)c(OC)c2)cc1. The number of rotatable bonds is 9. The number of nitrogens with one attached hydrogen (secondary N) is 1. The Hall–Kier alpha value is -4.14. The number of piperidine rings is 1. The van der Waals surface area contributed by atoms with Gasteiger partial charge >= 0.3 is 0 Å². The van der Waals surface area contributed by atoms with E-state index in [2.05, 4.69) is 5.32 Å². The van der Waals surface area contributed by atoms with E-state index in [0.29, 0.717) is 40.9 Å². The smallest absolute Gasteiger partial charge is 0.227 e. The molecule has 0 saturated carbocycles. The average molecular weight is 509 g/mol. The van der Waals surface area contributed by atoms with Crippen LogP contribution in [-0.4, -0.2) is 40.3 Å². The van der Waals surface area contributed by atoms with Crippen LogP contribution in [0.3, 0.4) is 0 Å². The fraction of sp³-hybridized carbons (Fsp3) is 0.357. The second kappa shape index (κ2) is 11.3. The summed E-state index contributed by atoms with van der Waals surface area (Å²) in [5.74, 6) is 2.58. The van der Waals surface area contributed by atoms with Crippen LogP contribution in [0, 0.1) is 12.8 Å². The van der Waals surface area contributed by atoms with Crippen molar-refractivity contribution in [3.05, 3.63) is 65.6 Å². The van der Waals surface area contributed by atoms with Crippen molar-refractivity contribution in [3.63, 3.8) is 0 Å². The highest BCUT2D eigenvalue weighted by Crippen LogP contribution is 2.46. The molecular formula is C28H32N2O7. The molecule has 2 atom stereocenters. The summed E-state index contributed by atoms with van der Waals surface area (Å²) in [5.41, 5.74) is 1.34. The lowest BCUT2D eigenvalue weighted by Gasteiger charge is -2.41. The second-order valence-electron chi connectivity index (χ2n) is 8.74. The highest BCUT2D eigenvalue weighted by Gasteiger charge is 2.42. The summed E-state index contributed by atoms with van der Waals surface area (Å²) in [5, 5.41) is 2.99. The van der Waals surface area contributed by atoms with Crippen molar-refractivity contribution < 1.29 is 33.0 Å². The molecule has 0 spiro atoms. The van der Waals surface area contributed by atoms with Gasteiger partial charge in [-0.25, -0.2) is 0 Å². The first-order chi connectivity index (χ1) is 17.9. The topological polar surface area (TPSA) is 99.5 Å². The maximum Gasteiger partial charge on any atom is 0.227 e. The summed E-state index contributed by atoms with van der Waals surface area (Å²) in [4.78, 5) is 28.6. The maximum atomic E-state index is 13.5. The Morgan fingerprint density at radius 1 is 0.973 bits per heavy atom. The maximum absolute atomic E-state index is 13.5. The summed E-state index contributed by atoms with van der Waals surface area (Å²) in [6.07, 6.45) is 0.612. The summed E-state index contributed by atoms with van der Waals surface area (Å²) >= 11 is 0. The summed E-state index contributed by atoms with van der Waals surface area (Å²) in [6, 6.07) is 14.0. The molecule has 0 radical (unpaired) electrons. The molecule has 1 saturated heterocycles. The van der Waals surface area contributed by atoms with Gasteiger partial charge in [0.1, 0.15) is 17.3 Å². The molecule has 1 N–H and O–H groups in total. The molecule has 1 fully saturated rings. The average Bonchev–Trinajstić information content (AvgIpc) is 3.35. The lowest BCUT2D eigenvalue weighted by atomic mass is 9.83. The molecule has 37 heavy (non-hydrogen) atoms. The monoisotopic (exact) mass is 508 g/mol. The van der Waals surface area contributed by atoms with E-state index in [4.69, 9.17) is 23.4 Å². The zero-order valence-electron chi connectivity index (χ0n) is 21.7. The van der Waals surface area contributed by atoms with Crippen LogP contribution in [0.2, 0.25) is 0 Å². The molecule has 2 amide bonds. The van der Waals surface area contributed by atoms with E-state index >= 15 is 0 Å². The Kier molecular flexibility index (Phi) is 7.91. The van der Waals surface area contributed by atoms with E-state index in [9.17, 15) is 9.59 Å². The fourth-order valence-electron chi connectivity index (χ4n) is 4.75. The van der Waals surface area contributed by atoms with Gasteiger partial charge in [-0.1, -0.05) is 12.1 Å². The van der Waals surface area contributed by atoms with Crippen molar-refractivity contribution in [1.82, 2.24) is 5.32 Å². The molecule has 1 aliphatic heterocycles. The largest absolute Gasteiger partial charge is 0.497 e. The van der Waals surface area contributed by atoms with E-state index in [1.807, 2.05) is 43.3 Å². The van der Waals surface area contributed by atoms with Crippen molar-refractivity contribution in [3.8, 4) is 23.0 Å². The van der Waals surface area contributed by atoms with Crippen molar-refractivity contribution in [2.75, 3.05) is 33.3 Å². The minimum Gasteiger partial charge on any atom is -0.497 e. The lowest BCUT2D eigenvalue weighted by Crippen LogP contribution is -2.48. The van der Waals surface area contributed by atoms with Crippen molar-refractivity contribution in [2.45, 2.75) is 32.4 Å². The quantitative estimate of drug-likeness (QED) is 0.457. The molecule has 1 aromatic heterocycles. The predicted molar refractivity (Wildman–Crippen MR) is 137 cm³/mol. The van der Waals surface area contributed by atoms with E-state index in [0.717, 1.165) is 11.3 Å². The number of benzene rings is 2.